The Kier molecular flexibility index (Phi) is 5.16. The van der Waals surface area contributed by atoms with E-state index in [0.29, 0.717) is 0 Å². The van der Waals surface area contributed by atoms with Gasteiger partial charge in [-0.25, -0.2) is 0 Å². The van der Waals surface area contributed by atoms with Gasteiger partial charge in [-0.1, -0.05) is 31.8 Å². The number of nitrogens with two attached hydrogens (primary N) is 1. The van der Waals surface area contributed by atoms with E-state index >= 15 is 0 Å². The van der Waals surface area contributed by atoms with Crippen molar-refractivity contribution in [1.29, 1.82) is 0 Å². The molecule has 0 aliphatic carbocycles. The molecule has 1 rings (SSSR count). The van der Waals surface area contributed by atoms with Crippen LogP contribution in [-0.4, -0.2) is 7.05 Å². The molecular formula is C15H20N2. The largest absolute Gasteiger partial charge is 0.397 e. The van der Waals surface area contributed by atoms with Crippen molar-refractivity contribution in [1.82, 2.24) is 5.32 Å². The van der Waals surface area contributed by atoms with Crippen molar-refractivity contribution in [2.75, 3.05) is 7.05 Å². The van der Waals surface area contributed by atoms with Gasteiger partial charge in [0.2, 0.25) is 0 Å². The van der Waals surface area contributed by atoms with E-state index in [1.54, 1.807) is 0 Å². The summed E-state index contributed by atoms with van der Waals surface area (Å²) in [5.74, 6) is 6.22. The van der Waals surface area contributed by atoms with E-state index in [1.165, 1.54) is 5.56 Å². The van der Waals surface area contributed by atoms with E-state index in [9.17, 15) is 0 Å². The highest BCUT2D eigenvalue weighted by Crippen LogP contribution is 2.17. The minimum atomic E-state index is 0.763. The lowest BCUT2D eigenvalue weighted by atomic mass is 10.00. The van der Waals surface area contributed by atoms with E-state index in [0.717, 1.165) is 29.7 Å². The molecule has 0 aliphatic rings. The Morgan fingerprint density at radius 2 is 2.18 bits per heavy atom. The van der Waals surface area contributed by atoms with Gasteiger partial charge in [-0.05, 0) is 24.1 Å². The van der Waals surface area contributed by atoms with Crippen LogP contribution in [0.15, 0.2) is 24.4 Å². The van der Waals surface area contributed by atoms with Gasteiger partial charge >= 0.3 is 0 Å². The maximum atomic E-state index is 5.99. The van der Waals surface area contributed by atoms with Crippen LogP contribution in [0.3, 0.4) is 0 Å². The van der Waals surface area contributed by atoms with Gasteiger partial charge in [0.1, 0.15) is 0 Å². The van der Waals surface area contributed by atoms with Gasteiger partial charge in [-0.3, -0.25) is 0 Å². The highest BCUT2D eigenvalue weighted by Gasteiger charge is 2.03. The predicted octanol–water partition coefficient (Wildman–Crippen LogP) is 2.49. The highest BCUT2D eigenvalue weighted by molar-refractivity contribution is 5.66. The molecule has 1 aromatic carbocycles. The number of benzene rings is 1. The molecule has 3 N–H and O–H groups in total. The van der Waals surface area contributed by atoms with Crippen molar-refractivity contribution < 1.29 is 0 Å². The van der Waals surface area contributed by atoms with Crippen LogP contribution < -0.4 is 11.1 Å². The average Bonchev–Trinajstić information content (AvgIpc) is 2.36. The molecule has 1 aromatic rings. The highest BCUT2D eigenvalue weighted by atomic mass is 14.8. The zero-order chi connectivity index (χ0) is 12.7. The van der Waals surface area contributed by atoms with Crippen molar-refractivity contribution in [3.8, 4) is 11.8 Å². The van der Waals surface area contributed by atoms with Crippen molar-refractivity contribution in [2.45, 2.75) is 26.7 Å². The second-order valence-corrected chi connectivity index (χ2v) is 3.77. The van der Waals surface area contributed by atoms with Crippen LogP contribution in [0.2, 0.25) is 0 Å². The number of hydrogen-bond acceptors (Lipinski definition) is 2. The lowest BCUT2D eigenvalue weighted by Gasteiger charge is -2.09. The van der Waals surface area contributed by atoms with Crippen LogP contribution >= 0.6 is 0 Å². The molecule has 0 radical (unpaired) electrons. The van der Waals surface area contributed by atoms with Crippen molar-refractivity contribution in [3.05, 3.63) is 41.1 Å². The molecule has 0 aromatic heterocycles. The van der Waals surface area contributed by atoms with Crippen molar-refractivity contribution in [3.63, 3.8) is 0 Å². The predicted molar refractivity (Wildman–Crippen MR) is 74.2 cm³/mol. The van der Waals surface area contributed by atoms with E-state index in [4.69, 9.17) is 5.73 Å². The SMILES string of the molecule is CCC#Cc1ccc(/C(N)=C/NC)c(CC)c1. The Hall–Kier alpha value is -1.88. The monoisotopic (exact) mass is 228 g/mol. The summed E-state index contributed by atoms with van der Waals surface area (Å²) in [7, 11) is 1.85. The molecule has 2 nitrogen and oxygen atoms in total. The summed E-state index contributed by atoms with van der Waals surface area (Å²) in [5.41, 5.74) is 10.1. The van der Waals surface area contributed by atoms with E-state index in [2.05, 4.69) is 37.1 Å². The minimum Gasteiger partial charge on any atom is -0.397 e. The molecule has 0 spiro atoms. The number of hydrogen-bond donors (Lipinski definition) is 2. The van der Waals surface area contributed by atoms with Crippen molar-refractivity contribution in [2.24, 2.45) is 5.73 Å². The summed E-state index contributed by atoms with van der Waals surface area (Å²) in [5, 5.41) is 2.95. The van der Waals surface area contributed by atoms with Crippen LogP contribution in [0.1, 0.15) is 37.0 Å². The lowest BCUT2D eigenvalue weighted by molar-refractivity contribution is 1.09. The standard InChI is InChI=1S/C15H20N2/c1-4-6-7-12-8-9-14(13(5-2)10-12)15(16)11-17-3/h8-11,17H,4-5,16H2,1-3H3/b15-11-. The molecule has 0 unspecified atom stereocenters. The minimum absolute atomic E-state index is 0.763. The smallest absolute Gasteiger partial charge is 0.0549 e. The first-order valence-electron chi connectivity index (χ1n) is 5.98. The first-order valence-corrected chi connectivity index (χ1v) is 5.98. The third-order valence-electron chi connectivity index (χ3n) is 2.51. The van der Waals surface area contributed by atoms with E-state index in [-0.39, 0.29) is 0 Å². The third-order valence-corrected chi connectivity index (χ3v) is 2.51. The zero-order valence-corrected chi connectivity index (χ0v) is 10.8. The Balaban J connectivity index is 3.14. The number of rotatable bonds is 3. The van der Waals surface area contributed by atoms with E-state index in [1.807, 2.05) is 25.4 Å². The Bertz CT molecular complexity index is 462. The molecule has 0 aliphatic heterocycles. The third kappa shape index (κ3) is 3.57. The van der Waals surface area contributed by atoms with Crippen LogP contribution in [0.4, 0.5) is 0 Å². The van der Waals surface area contributed by atoms with Gasteiger partial charge in [0.15, 0.2) is 0 Å². The maximum Gasteiger partial charge on any atom is 0.0549 e. The fourth-order valence-electron chi connectivity index (χ4n) is 1.67. The molecule has 0 atom stereocenters. The molecule has 0 bridgehead atoms. The van der Waals surface area contributed by atoms with E-state index < -0.39 is 0 Å². The van der Waals surface area contributed by atoms with Gasteiger partial charge in [0.05, 0.1) is 5.70 Å². The van der Waals surface area contributed by atoms with Crippen molar-refractivity contribution >= 4 is 5.70 Å². The molecular weight excluding hydrogens is 208 g/mol. The van der Waals surface area contributed by atoms with Gasteiger partial charge in [0, 0.05) is 30.8 Å². The Labute approximate surface area is 104 Å². The fourth-order valence-corrected chi connectivity index (χ4v) is 1.67. The van der Waals surface area contributed by atoms with Crippen LogP contribution in [0.25, 0.3) is 5.70 Å². The van der Waals surface area contributed by atoms with Crippen LogP contribution in [0, 0.1) is 11.8 Å². The molecule has 2 heteroatoms. The average molecular weight is 228 g/mol. The van der Waals surface area contributed by atoms with Gasteiger partial charge in [-0.2, -0.15) is 0 Å². The summed E-state index contributed by atoms with van der Waals surface area (Å²) in [4.78, 5) is 0. The Morgan fingerprint density at radius 3 is 2.76 bits per heavy atom. The molecule has 0 fully saturated rings. The maximum absolute atomic E-state index is 5.99. The summed E-state index contributed by atoms with van der Waals surface area (Å²) < 4.78 is 0. The molecule has 0 heterocycles. The van der Waals surface area contributed by atoms with Gasteiger partial charge in [0.25, 0.3) is 0 Å². The first-order chi connectivity index (χ1) is 8.22. The van der Waals surface area contributed by atoms with Gasteiger partial charge < -0.3 is 11.1 Å². The zero-order valence-electron chi connectivity index (χ0n) is 10.8. The summed E-state index contributed by atoms with van der Waals surface area (Å²) in [6.07, 6.45) is 3.64. The molecule has 90 valence electrons. The fraction of sp³-hybridized carbons (Fsp3) is 0.333. The number of nitrogens with one attached hydrogen (secondary N) is 1. The summed E-state index contributed by atoms with van der Waals surface area (Å²) in [6, 6.07) is 6.18. The second kappa shape index (κ2) is 6.65. The van der Waals surface area contributed by atoms with Gasteiger partial charge in [-0.15, -0.1) is 0 Å². The molecule has 17 heavy (non-hydrogen) atoms. The topological polar surface area (TPSA) is 38.0 Å². The number of aryl methyl sites for hydroxylation is 1. The first kappa shape index (κ1) is 13.2. The quantitative estimate of drug-likeness (QED) is 0.780. The van der Waals surface area contributed by atoms with Crippen LogP contribution in [0.5, 0.6) is 0 Å². The molecule has 0 amide bonds. The normalized spacial score (nSPS) is 10.6. The lowest BCUT2D eigenvalue weighted by Crippen LogP contribution is -2.05. The summed E-state index contributed by atoms with van der Waals surface area (Å²) in [6.45, 7) is 4.18. The Morgan fingerprint density at radius 1 is 1.41 bits per heavy atom. The van der Waals surface area contributed by atoms with Crippen LogP contribution in [-0.2, 0) is 6.42 Å². The molecule has 0 saturated heterocycles. The second-order valence-electron chi connectivity index (χ2n) is 3.77. The molecule has 0 saturated carbocycles. The summed E-state index contributed by atoms with van der Waals surface area (Å²) >= 11 is 0.